The number of amides is 3. The van der Waals surface area contributed by atoms with E-state index in [2.05, 4.69) is 31.3 Å². The highest BCUT2D eigenvalue weighted by Crippen LogP contribution is 2.21. The molecule has 2 aromatic carbocycles. The molecule has 8 nitrogen and oxygen atoms in total. The Kier molecular flexibility index (Phi) is 7.49. The third-order valence-corrected chi connectivity index (χ3v) is 4.67. The lowest BCUT2D eigenvalue weighted by Gasteiger charge is -2.18. The zero-order chi connectivity index (χ0) is 21.6. The molecule has 0 aliphatic heterocycles. The van der Waals surface area contributed by atoms with Crippen LogP contribution in [-0.2, 0) is 19.1 Å². The van der Waals surface area contributed by atoms with Crippen molar-refractivity contribution in [3.63, 3.8) is 0 Å². The number of methoxy groups -OCH3 is 1. The van der Waals surface area contributed by atoms with Crippen LogP contribution in [0.5, 0.6) is 0 Å². The number of anilines is 1. The molecule has 0 heterocycles. The zero-order valence-corrected chi connectivity index (χ0v) is 17.4. The van der Waals surface area contributed by atoms with E-state index in [4.69, 9.17) is 5.73 Å². The van der Waals surface area contributed by atoms with Crippen LogP contribution in [0.1, 0.15) is 33.9 Å². The lowest BCUT2D eigenvalue weighted by atomic mass is 10.0. The van der Waals surface area contributed by atoms with E-state index < -0.39 is 29.7 Å². The van der Waals surface area contributed by atoms with Crippen molar-refractivity contribution in [3.8, 4) is 0 Å². The Morgan fingerprint density at radius 1 is 1.07 bits per heavy atom. The summed E-state index contributed by atoms with van der Waals surface area (Å²) < 4.78 is 5.50. The first-order valence-corrected chi connectivity index (χ1v) is 9.35. The van der Waals surface area contributed by atoms with E-state index >= 15 is 0 Å². The van der Waals surface area contributed by atoms with Gasteiger partial charge >= 0.3 is 17.8 Å². The molecule has 1 atom stereocenters. The largest absolute Gasteiger partial charge is 0.469 e. The Morgan fingerprint density at radius 2 is 1.72 bits per heavy atom. The van der Waals surface area contributed by atoms with Gasteiger partial charge in [-0.15, -0.1) is 0 Å². The van der Waals surface area contributed by atoms with Gasteiger partial charge in [0.1, 0.15) is 0 Å². The average Bonchev–Trinajstić information content (AvgIpc) is 2.69. The number of ether oxygens (including phenoxy) is 1. The molecule has 4 N–H and O–H groups in total. The van der Waals surface area contributed by atoms with E-state index in [0.717, 1.165) is 4.47 Å². The number of benzene rings is 2. The van der Waals surface area contributed by atoms with Gasteiger partial charge in [-0.25, -0.2) is 0 Å². The molecule has 2 rings (SSSR count). The predicted molar refractivity (Wildman–Crippen MR) is 110 cm³/mol. The van der Waals surface area contributed by atoms with E-state index in [1.165, 1.54) is 25.3 Å². The normalized spacial score (nSPS) is 11.3. The van der Waals surface area contributed by atoms with E-state index in [9.17, 15) is 19.2 Å². The Hall–Kier alpha value is -3.20. The summed E-state index contributed by atoms with van der Waals surface area (Å²) in [7, 11) is 1.24. The van der Waals surface area contributed by atoms with Gasteiger partial charge in [-0.05, 0) is 48.4 Å². The van der Waals surface area contributed by atoms with E-state index in [1.54, 1.807) is 31.2 Å². The summed E-state index contributed by atoms with van der Waals surface area (Å²) in [5, 5.41) is 5.03. The summed E-state index contributed by atoms with van der Waals surface area (Å²) in [5.41, 5.74) is 7.09. The molecule has 0 aliphatic carbocycles. The van der Waals surface area contributed by atoms with Crippen molar-refractivity contribution in [3.05, 3.63) is 63.6 Å². The zero-order valence-electron chi connectivity index (χ0n) is 15.8. The van der Waals surface area contributed by atoms with Gasteiger partial charge in [-0.3, -0.25) is 19.2 Å². The lowest BCUT2D eigenvalue weighted by Crippen LogP contribution is -2.38. The van der Waals surface area contributed by atoms with Gasteiger partial charge < -0.3 is 21.1 Å². The first kappa shape index (κ1) is 22.1. The molecule has 2 aromatic rings. The van der Waals surface area contributed by atoms with Crippen molar-refractivity contribution in [2.24, 2.45) is 5.73 Å². The molecule has 3 amide bonds. The minimum Gasteiger partial charge on any atom is -0.469 e. The molecule has 152 valence electrons. The van der Waals surface area contributed by atoms with Gasteiger partial charge in [-0.2, -0.15) is 0 Å². The highest BCUT2D eigenvalue weighted by Gasteiger charge is 2.23. The Balaban J connectivity index is 2.13. The standard InChI is InChI=1S/C20H20BrN3O5/c1-11-9-13(18(22)26)5-8-15(11)23-19(27)20(28)24-16(10-17(25)29-2)12-3-6-14(21)7-4-12/h3-9,16H,10H2,1-2H3,(H2,22,26)(H,23,27)(H,24,28). The van der Waals surface area contributed by atoms with Crippen LogP contribution in [0, 0.1) is 6.92 Å². The molecule has 0 radical (unpaired) electrons. The molecule has 29 heavy (non-hydrogen) atoms. The SMILES string of the molecule is COC(=O)CC(NC(=O)C(=O)Nc1ccc(C(N)=O)cc1C)c1ccc(Br)cc1. The van der Waals surface area contributed by atoms with Crippen molar-refractivity contribution in [2.75, 3.05) is 12.4 Å². The molecule has 0 aliphatic rings. The van der Waals surface area contributed by atoms with Crippen molar-refractivity contribution in [1.82, 2.24) is 5.32 Å². The molecule has 0 saturated carbocycles. The van der Waals surface area contributed by atoms with Crippen LogP contribution in [-0.4, -0.2) is 30.8 Å². The maximum Gasteiger partial charge on any atom is 0.313 e. The summed E-state index contributed by atoms with van der Waals surface area (Å²) in [6.07, 6.45) is -0.135. The van der Waals surface area contributed by atoms with Crippen LogP contribution in [0.3, 0.4) is 0 Å². The third kappa shape index (κ3) is 6.15. The second-order valence-corrected chi connectivity index (χ2v) is 7.12. The average molecular weight is 462 g/mol. The van der Waals surface area contributed by atoms with Gasteiger partial charge in [0.15, 0.2) is 0 Å². The highest BCUT2D eigenvalue weighted by molar-refractivity contribution is 9.10. The summed E-state index contributed by atoms with van der Waals surface area (Å²) in [4.78, 5) is 47.6. The fraction of sp³-hybridized carbons (Fsp3) is 0.200. The van der Waals surface area contributed by atoms with Crippen molar-refractivity contribution in [2.45, 2.75) is 19.4 Å². The molecular weight excluding hydrogens is 442 g/mol. The number of carbonyl (C=O) groups excluding carboxylic acids is 4. The number of hydrogen-bond donors (Lipinski definition) is 3. The summed E-state index contributed by atoms with van der Waals surface area (Å²) in [6.45, 7) is 1.67. The second kappa shape index (κ2) is 9.83. The van der Waals surface area contributed by atoms with Crippen molar-refractivity contribution < 1.29 is 23.9 Å². The van der Waals surface area contributed by atoms with Crippen LogP contribution in [0.4, 0.5) is 5.69 Å². The Morgan fingerprint density at radius 3 is 2.28 bits per heavy atom. The van der Waals surface area contributed by atoms with Crippen molar-refractivity contribution >= 4 is 45.3 Å². The topological polar surface area (TPSA) is 128 Å². The number of rotatable bonds is 6. The van der Waals surface area contributed by atoms with E-state index in [-0.39, 0.29) is 6.42 Å². The molecule has 9 heteroatoms. The fourth-order valence-electron chi connectivity index (χ4n) is 2.56. The number of halogens is 1. The van der Waals surface area contributed by atoms with Crippen molar-refractivity contribution in [1.29, 1.82) is 0 Å². The maximum absolute atomic E-state index is 12.4. The molecular formula is C20H20BrN3O5. The third-order valence-electron chi connectivity index (χ3n) is 4.14. The molecule has 0 aromatic heterocycles. The smallest absolute Gasteiger partial charge is 0.313 e. The van der Waals surface area contributed by atoms with E-state index in [0.29, 0.717) is 22.4 Å². The van der Waals surface area contributed by atoms with Gasteiger partial charge in [0.2, 0.25) is 5.91 Å². The molecule has 0 bridgehead atoms. The Labute approximate surface area is 175 Å². The molecule has 0 spiro atoms. The number of nitrogens with two attached hydrogens (primary N) is 1. The maximum atomic E-state index is 12.4. The van der Waals surface area contributed by atoms with Crippen LogP contribution in [0.25, 0.3) is 0 Å². The lowest BCUT2D eigenvalue weighted by molar-refractivity contribution is -0.142. The number of hydrogen-bond acceptors (Lipinski definition) is 5. The monoisotopic (exact) mass is 461 g/mol. The summed E-state index contributed by atoms with van der Waals surface area (Å²) in [5.74, 6) is -2.95. The Bertz CT molecular complexity index is 944. The number of primary amides is 1. The fourth-order valence-corrected chi connectivity index (χ4v) is 2.82. The second-order valence-electron chi connectivity index (χ2n) is 6.21. The van der Waals surface area contributed by atoms with E-state index in [1.807, 2.05) is 0 Å². The van der Waals surface area contributed by atoms with Crippen LogP contribution in [0.2, 0.25) is 0 Å². The first-order valence-electron chi connectivity index (χ1n) is 8.56. The summed E-state index contributed by atoms with van der Waals surface area (Å²) >= 11 is 3.32. The molecule has 0 saturated heterocycles. The number of esters is 1. The van der Waals surface area contributed by atoms with Gasteiger partial charge in [-0.1, -0.05) is 28.1 Å². The molecule has 1 unspecified atom stereocenters. The van der Waals surface area contributed by atoms with Gasteiger partial charge in [0, 0.05) is 15.7 Å². The van der Waals surface area contributed by atoms with Gasteiger partial charge in [0.05, 0.1) is 19.6 Å². The van der Waals surface area contributed by atoms with Crippen LogP contribution >= 0.6 is 15.9 Å². The van der Waals surface area contributed by atoms with Gasteiger partial charge in [0.25, 0.3) is 0 Å². The van der Waals surface area contributed by atoms with Crippen LogP contribution < -0.4 is 16.4 Å². The minimum atomic E-state index is -0.916. The molecule has 0 fully saturated rings. The van der Waals surface area contributed by atoms with Crippen LogP contribution in [0.15, 0.2) is 46.9 Å². The quantitative estimate of drug-likeness (QED) is 0.448. The first-order chi connectivity index (χ1) is 13.7. The number of carbonyl (C=O) groups is 4. The minimum absolute atomic E-state index is 0.135. The predicted octanol–water partition coefficient (Wildman–Crippen LogP) is 2.22. The summed E-state index contributed by atoms with van der Waals surface area (Å²) in [6, 6.07) is 10.7. The highest BCUT2D eigenvalue weighted by atomic mass is 79.9. The number of nitrogens with one attached hydrogen (secondary N) is 2. The number of aryl methyl sites for hydroxylation is 1.